The summed E-state index contributed by atoms with van der Waals surface area (Å²) >= 11 is 0. The summed E-state index contributed by atoms with van der Waals surface area (Å²) < 4.78 is 1.42. The molecule has 0 amide bonds. The highest BCUT2D eigenvalue weighted by molar-refractivity contribution is 5.60. The predicted molar refractivity (Wildman–Crippen MR) is 91.5 cm³/mol. The third kappa shape index (κ3) is 3.67. The van der Waals surface area contributed by atoms with Crippen LogP contribution in [-0.4, -0.2) is 19.6 Å². The largest absolute Gasteiger partial charge is 0.275 e. The van der Waals surface area contributed by atoms with Gasteiger partial charge in [0, 0.05) is 18.1 Å². The molecule has 2 aromatic heterocycles. The lowest BCUT2D eigenvalue weighted by molar-refractivity contribution is 0.622. The summed E-state index contributed by atoms with van der Waals surface area (Å²) in [4.78, 5) is 21.2. The zero-order valence-electron chi connectivity index (χ0n) is 13.5. The smallest absolute Gasteiger partial charge is 0.274 e. The molecule has 5 nitrogen and oxygen atoms in total. The minimum absolute atomic E-state index is 0.126. The third-order valence-electron chi connectivity index (χ3n) is 3.96. The van der Waals surface area contributed by atoms with Crippen LogP contribution in [0.15, 0.2) is 41.2 Å². The van der Waals surface area contributed by atoms with Crippen LogP contribution in [0.1, 0.15) is 44.9 Å². The fourth-order valence-corrected chi connectivity index (χ4v) is 2.69. The molecule has 0 saturated carbocycles. The minimum Gasteiger partial charge on any atom is -0.275 e. The second-order valence-electron chi connectivity index (χ2n) is 5.82. The molecule has 0 spiro atoms. The number of hydrogen-bond acceptors (Lipinski definition) is 3. The fraction of sp³-hybridized carbons (Fsp3) is 0.389. The number of unbranched alkanes of at least 4 members (excludes halogenated alkanes) is 4. The SMILES string of the molecule is CCCCCCCc1nc2nc(-c3ccccc3)cc(=O)n2[nH]1. The van der Waals surface area contributed by atoms with E-state index in [1.165, 1.54) is 30.2 Å². The number of H-pyrrole nitrogens is 1. The molecule has 1 N–H and O–H groups in total. The number of rotatable bonds is 7. The van der Waals surface area contributed by atoms with Gasteiger partial charge in [-0.2, -0.15) is 9.50 Å². The molecule has 0 fully saturated rings. The van der Waals surface area contributed by atoms with Crippen molar-refractivity contribution in [3.63, 3.8) is 0 Å². The highest BCUT2D eigenvalue weighted by Crippen LogP contribution is 2.15. The maximum absolute atomic E-state index is 12.3. The Morgan fingerprint density at radius 2 is 1.83 bits per heavy atom. The molecular weight excluding hydrogens is 288 g/mol. The average molecular weight is 310 g/mol. The molecule has 0 aliphatic heterocycles. The quantitative estimate of drug-likeness (QED) is 0.678. The van der Waals surface area contributed by atoms with Crippen molar-refractivity contribution in [2.75, 3.05) is 0 Å². The summed E-state index contributed by atoms with van der Waals surface area (Å²) in [5, 5.41) is 3.06. The topological polar surface area (TPSA) is 63.1 Å². The molecule has 3 rings (SSSR count). The Hall–Kier alpha value is -2.43. The standard InChI is InChI=1S/C18H22N4O/c1-2-3-4-5-9-12-16-20-18-19-15(13-17(23)22(18)21-16)14-10-7-6-8-11-14/h6-8,10-11,13H,2-5,9,12H2,1H3,(H,19,20,21). The summed E-state index contributed by atoms with van der Waals surface area (Å²) in [7, 11) is 0. The van der Waals surface area contributed by atoms with Gasteiger partial charge >= 0.3 is 0 Å². The molecule has 0 unspecified atom stereocenters. The lowest BCUT2D eigenvalue weighted by Gasteiger charge is -1.99. The van der Waals surface area contributed by atoms with Crippen molar-refractivity contribution in [3.8, 4) is 11.3 Å². The summed E-state index contributed by atoms with van der Waals surface area (Å²) in [5.41, 5.74) is 1.46. The molecule has 0 radical (unpaired) electrons. The molecule has 0 bridgehead atoms. The third-order valence-corrected chi connectivity index (χ3v) is 3.96. The number of aromatic amines is 1. The highest BCUT2D eigenvalue weighted by Gasteiger charge is 2.09. The van der Waals surface area contributed by atoms with Gasteiger partial charge in [-0.25, -0.2) is 4.98 Å². The van der Waals surface area contributed by atoms with Gasteiger partial charge in [-0.3, -0.25) is 9.89 Å². The van der Waals surface area contributed by atoms with E-state index in [1.807, 2.05) is 30.3 Å². The van der Waals surface area contributed by atoms with Gasteiger partial charge in [-0.15, -0.1) is 0 Å². The zero-order valence-corrected chi connectivity index (χ0v) is 13.5. The van der Waals surface area contributed by atoms with E-state index in [-0.39, 0.29) is 5.56 Å². The van der Waals surface area contributed by atoms with Gasteiger partial charge in [0.1, 0.15) is 5.82 Å². The van der Waals surface area contributed by atoms with E-state index < -0.39 is 0 Å². The van der Waals surface area contributed by atoms with Crippen molar-refractivity contribution in [1.29, 1.82) is 0 Å². The van der Waals surface area contributed by atoms with Gasteiger partial charge < -0.3 is 0 Å². The van der Waals surface area contributed by atoms with E-state index >= 15 is 0 Å². The van der Waals surface area contributed by atoms with Crippen molar-refractivity contribution in [1.82, 2.24) is 19.6 Å². The van der Waals surface area contributed by atoms with E-state index in [1.54, 1.807) is 6.07 Å². The van der Waals surface area contributed by atoms with E-state index in [0.717, 1.165) is 24.2 Å². The van der Waals surface area contributed by atoms with Crippen molar-refractivity contribution in [2.45, 2.75) is 45.4 Å². The van der Waals surface area contributed by atoms with E-state index in [9.17, 15) is 4.79 Å². The van der Waals surface area contributed by atoms with Crippen molar-refractivity contribution in [3.05, 3.63) is 52.6 Å². The van der Waals surface area contributed by atoms with Gasteiger partial charge in [-0.05, 0) is 6.42 Å². The molecule has 1 aromatic carbocycles. The van der Waals surface area contributed by atoms with Gasteiger partial charge in [-0.1, -0.05) is 62.9 Å². The Morgan fingerprint density at radius 1 is 1.04 bits per heavy atom. The molecule has 0 aliphatic rings. The van der Waals surface area contributed by atoms with E-state index in [0.29, 0.717) is 11.5 Å². The van der Waals surface area contributed by atoms with Crippen LogP contribution < -0.4 is 5.56 Å². The first-order valence-electron chi connectivity index (χ1n) is 8.32. The molecule has 3 aromatic rings. The molecule has 2 heterocycles. The number of benzene rings is 1. The van der Waals surface area contributed by atoms with Crippen LogP contribution >= 0.6 is 0 Å². The summed E-state index contributed by atoms with van der Waals surface area (Å²) in [6, 6.07) is 11.3. The number of fused-ring (bicyclic) bond motifs is 1. The Kier molecular flexibility index (Phi) is 4.86. The second kappa shape index (κ2) is 7.22. The number of hydrogen-bond donors (Lipinski definition) is 1. The summed E-state index contributed by atoms with van der Waals surface area (Å²) in [6.07, 6.45) is 6.91. The summed E-state index contributed by atoms with van der Waals surface area (Å²) in [5.74, 6) is 1.27. The van der Waals surface area contributed by atoms with Crippen LogP contribution in [0, 0.1) is 0 Å². The lowest BCUT2D eigenvalue weighted by Crippen LogP contribution is -2.14. The predicted octanol–water partition coefficient (Wildman–Crippen LogP) is 3.60. The maximum atomic E-state index is 12.3. The molecule has 120 valence electrons. The zero-order chi connectivity index (χ0) is 16.1. The Labute approximate surface area is 135 Å². The first-order valence-corrected chi connectivity index (χ1v) is 8.32. The molecule has 0 aliphatic carbocycles. The first kappa shape index (κ1) is 15.5. The monoisotopic (exact) mass is 310 g/mol. The Bertz CT molecular complexity index is 820. The highest BCUT2D eigenvalue weighted by atomic mass is 16.1. The van der Waals surface area contributed by atoms with E-state index in [4.69, 9.17) is 0 Å². The Morgan fingerprint density at radius 3 is 2.61 bits per heavy atom. The molecule has 0 saturated heterocycles. The first-order chi connectivity index (χ1) is 11.3. The molecular formula is C18H22N4O. The fourth-order valence-electron chi connectivity index (χ4n) is 2.69. The van der Waals surface area contributed by atoms with Gasteiger partial charge in [0.25, 0.3) is 11.3 Å². The lowest BCUT2D eigenvalue weighted by atomic mass is 10.1. The number of nitrogens with zero attached hydrogens (tertiary/aromatic N) is 3. The van der Waals surface area contributed by atoms with Crippen LogP contribution in [0.2, 0.25) is 0 Å². The number of aryl methyl sites for hydroxylation is 1. The second-order valence-corrected chi connectivity index (χ2v) is 5.82. The molecule has 23 heavy (non-hydrogen) atoms. The Balaban J connectivity index is 1.80. The van der Waals surface area contributed by atoms with Crippen LogP contribution in [0.5, 0.6) is 0 Å². The van der Waals surface area contributed by atoms with Crippen LogP contribution in [0.4, 0.5) is 0 Å². The van der Waals surface area contributed by atoms with Crippen LogP contribution in [-0.2, 0) is 6.42 Å². The summed E-state index contributed by atoms with van der Waals surface area (Å²) in [6.45, 7) is 2.21. The normalized spacial score (nSPS) is 11.2. The van der Waals surface area contributed by atoms with E-state index in [2.05, 4.69) is 22.0 Å². The molecule has 0 atom stereocenters. The number of nitrogens with one attached hydrogen (secondary N) is 1. The van der Waals surface area contributed by atoms with Crippen molar-refractivity contribution in [2.24, 2.45) is 0 Å². The van der Waals surface area contributed by atoms with Crippen molar-refractivity contribution >= 4 is 5.78 Å². The van der Waals surface area contributed by atoms with Gasteiger partial charge in [0.2, 0.25) is 0 Å². The minimum atomic E-state index is -0.126. The van der Waals surface area contributed by atoms with Crippen LogP contribution in [0.25, 0.3) is 17.0 Å². The van der Waals surface area contributed by atoms with Crippen LogP contribution in [0.3, 0.4) is 0 Å². The number of aromatic nitrogens is 4. The van der Waals surface area contributed by atoms with Gasteiger partial charge in [0.05, 0.1) is 5.69 Å². The van der Waals surface area contributed by atoms with Gasteiger partial charge in [0.15, 0.2) is 0 Å². The van der Waals surface area contributed by atoms with Crippen molar-refractivity contribution < 1.29 is 0 Å². The average Bonchev–Trinajstić information content (AvgIpc) is 2.99. The maximum Gasteiger partial charge on any atom is 0.274 e. The molecule has 5 heteroatoms.